The Morgan fingerprint density at radius 1 is 1.00 bits per heavy atom. The topological polar surface area (TPSA) is 47.9 Å². The van der Waals surface area contributed by atoms with Crippen LogP contribution in [0.4, 0.5) is 0 Å². The van der Waals surface area contributed by atoms with Crippen LogP contribution in [0.15, 0.2) is 24.3 Å². The first-order valence-corrected chi connectivity index (χ1v) is 6.71. The number of ether oxygens (including phenoxy) is 3. The maximum Gasteiger partial charge on any atom is 0.0728 e. The monoisotopic (exact) mass is 268 g/mol. The highest BCUT2D eigenvalue weighted by molar-refractivity contribution is 5.29. The molecule has 2 aliphatic carbocycles. The fraction of sp³-hybridized carbons (Fsp3) is 0.733. The van der Waals surface area contributed by atoms with Crippen molar-refractivity contribution in [2.24, 2.45) is 10.8 Å². The van der Waals surface area contributed by atoms with E-state index in [1.54, 1.807) is 21.3 Å². The summed E-state index contributed by atoms with van der Waals surface area (Å²) in [5.74, 6) is 0. The van der Waals surface area contributed by atoms with Gasteiger partial charge in [-0.1, -0.05) is 24.3 Å². The van der Waals surface area contributed by atoms with Gasteiger partial charge in [0.25, 0.3) is 0 Å². The van der Waals surface area contributed by atoms with Gasteiger partial charge in [0.2, 0.25) is 0 Å². The standard InChI is InChI=1S/C15H24O4/c1-17-10-14-8-5-7-13(19-3)15(14,11-18-2)9-4-6-12(14)16/h4-5,8-9,12-13,16H,6-7,10-11H2,1-3H3/t12-,13-,14+,15+/m0/s1. The zero-order valence-electron chi connectivity index (χ0n) is 12.0. The van der Waals surface area contributed by atoms with Crippen molar-refractivity contribution in [1.82, 2.24) is 0 Å². The lowest BCUT2D eigenvalue weighted by Gasteiger charge is -2.56. The van der Waals surface area contributed by atoms with E-state index < -0.39 is 11.5 Å². The van der Waals surface area contributed by atoms with Gasteiger partial charge in [-0.25, -0.2) is 0 Å². The van der Waals surface area contributed by atoms with E-state index in [4.69, 9.17) is 14.2 Å². The van der Waals surface area contributed by atoms with Crippen LogP contribution in [-0.2, 0) is 14.2 Å². The van der Waals surface area contributed by atoms with Crippen LogP contribution in [0.25, 0.3) is 0 Å². The summed E-state index contributed by atoms with van der Waals surface area (Å²) in [4.78, 5) is 0. The van der Waals surface area contributed by atoms with E-state index in [1.807, 2.05) is 6.08 Å². The fourth-order valence-corrected chi connectivity index (χ4v) is 3.71. The Balaban J connectivity index is 2.54. The third-order valence-electron chi connectivity index (χ3n) is 4.63. The molecule has 4 nitrogen and oxygen atoms in total. The minimum atomic E-state index is -0.484. The summed E-state index contributed by atoms with van der Waals surface area (Å²) in [5.41, 5.74) is -0.857. The minimum Gasteiger partial charge on any atom is -0.392 e. The fourth-order valence-electron chi connectivity index (χ4n) is 3.71. The zero-order chi connectivity index (χ0) is 13.9. The van der Waals surface area contributed by atoms with Crippen molar-refractivity contribution >= 4 is 0 Å². The average molecular weight is 268 g/mol. The molecule has 2 rings (SSSR count). The van der Waals surface area contributed by atoms with Gasteiger partial charge < -0.3 is 19.3 Å². The Morgan fingerprint density at radius 2 is 1.58 bits per heavy atom. The molecule has 0 aromatic rings. The third-order valence-corrected chi connectivity index (χ3v) is 4.63. The van der Waals surface area contributed by atoms with Gasteiger partial charge in [0, 0.05) is 21.3 Å². The molecule has 0 aromatic heterocycles. The second-order valence-corrected chi connectivity index (χ2v) is 5.46. The van der Waals surface area contributed by atoms with Crippen molar-refractivity contribution in [3.63, 3.8) is 0 Å². The molecule has 2 aliphatic rings. The molecule has 19 heavy (non-hydrogen) atoms. The van der Waals surface area contributed by atoms with E-state index in [2.05, 4.69) is 18.2 Å². The highest BCUT2D eigenvalue weighted by atomic mass is 16.5. The summed E-state index contributed by atoms with van der Waals surface area (Å²) in [7, 11) is 5.07. The van der Waals surface area contributed by atoms with Crippen LogP contribution in [-0.4, -0.2) is 51.9 Å². The second-order valence-electron chi connectivity index (χ2n) is 5.46. The highest BCUT2D eigenvalue weighted by Gasteiger charge is 2.59. The maximum atomic E-state index is 10.6. The number of methoxy groups -OCH3 is 3. The smallest absolute Gasteiger partial charge is 0.0728 e. The molecule has 0 aromatic carbocycles. The number of hydrogen-bond acceptors (Lipinski definition) is 4. The Bertz CT molecular complexity index is 365. The van der Waals surface area contributed by atoms with E-state index in [9.17, 15) is 5.11 Å². The van der Waals surface area contributed by atoms with Gasteiger partial charge in [0.1, 0.15) is 0 Å². The predicted molar refractivity (Wildman–Crippen MR) is 72.9 cm³/mol. The van der Waals surface area contributed by atoms with Gasteiger partial charge in [0.05, 0.1) is 36.3 Å². The minimum absolute atomic E-state index is 0.0150. The average Bonchev–Trinajstić information content (AvgIpc) is 2.40. The molecule has 0 bridgehead atoms. The van der Waals surface area contributed by atoms with E-state index in [1.165, 1.54) is 0 Å². The summed E-state index contributed by atoms with van der Waals surface area (Å²) < 4.78 is 16.6. The van der Waals surface area contributed by atoms with E-state index in [0.717, 1.165) is 6.42 Å². The van der Waals surface area contributed by atoms with Crippen LogP contribution in [0.1, 0.15) is 12.8 Å². The lowest BCUT2D eigenvalue weighted by Crippen LogP contribution is -2.61. The van der Waals surface area contributed by atoms with E-state index in [0.29, 0.717) is 19.6 Å². The van der Waals surface area contributed by atoms with Crippen LogP contribution < -0.4 is 0 Å². The van der Waals surface area contributed by atoms with E-state index >= 15 is 0 Å². The molecule has 0 saturated heterocycles. The molecule has 108 valence electrons. The molecule has 0 heterocycles. The van der Waals surface area contributed by atoms with Crippen molar-refractivity contribution in [3.8, 4) is 0 Å². The Kier molecular flexibility index (Phi) is 4.46. The number of aliphatic hydroxyl groups excluding tert-OH is 1. The Hall–Kier alpha value is -0.680. The zero-order valence-corrected chi connectivity index (χ0v) is 12.0. The number of rotatable bonds is 5. The van der Waals surface area contributed by atoms with Gasteiger partial charge in [0.15, 0.2) is 0 Å². The van der Waals surface area contributed by atoms with Crippen molar-refractivity contribution < 1.29 is 19.3 Å². The van der Waals surface area contributed by atoms with Crippen LogP contribution in [0.2, 0.25) is 0 Å². The Morgan fingerprint density at radius 3 is 2.21 bits per heavy atom. The highest BCUT2D eigenvalue weighted by Crippen LogP contribution is 2.55. The molecule has 1 N–H and O–H groups in total. The lowest BCUT2D eigenvalue weighted by atomic mass is 9.53. The molecule has 0 fully saturated rings. The third kappa shape index (κ3) is 2.07. The molecule has 0 amide bonds. The maximum absolute atomic E-state index is 10.6. The molecule has 4 heteroatoms. The molecule has 0 saturated carbocycles. The molecule has 0 unspecified atom stereocenters. The first-order chi connectivity index (χ1) is 9.16. The van der Waals surface area contributed by atoms with Gasteiger partial charge >= 0.3 is 0 Å². The predicted octanol–water partition coefficient (Wildman–Crippen LogP) is 1.55. The summed E-state index contributed by atoms with van der Waals surface area (Å²) in [6, 6.07) is 0. The largest absolute Gasteiger partial charge is 0.392 e. The molecular formula is C15H24O4. The first-order valence-electron chi connectivity index (χ1n) is 6.71. The SMILES string of the molecule is COC[C@@]12C=CC[C@H](O)[C@]1(COC)C=CC[C@@H]2OC. The summed E-state index contributed by atoms with van der Waals surface area (Å²) in [5, 5.41) is 10.6. The quantitative estimate of drug-likeness (QED) is 0.769. The second kappa shape index (κ2) is 5.75. The molecule has 0 spiro atoms. The first kappa shape index (κ1) is 14.7. The van der Waals surface area contributed by atoms with Crippen molar-refractivity contribution in [1.29, 1.82) is 0 Å². The molecule has 4 atom stereocenters. The summed E-state index contributed by atoms with van der Waals surface area (Å²) >= 11 is 0. The van der Waals surface area contributed by atoms with Crippen LogP contribution >= 0.6 is 0 Å². The van der Waals surface area contributed by atoms with Gasteiger partial charge in [-0.3, -0.25) is 0 Å². The van der Waals surface area contributed by atoms with Crippen LogP contribution in [0.3, 0.4) is 0 Å². The van der Waals surface area contributed by atoms with Gasteiger partial charge in [-0.15, -0.1) is 0 Å². The van der Waals surface area contributed by atoms with Crippen molar-refractivity contribution in [2.45, 2.75) is 25.0 Å². The van der Waals surface area contributed by atoms with E-state index in [-0.39, 0.29) is 11.5 Å². The van der Waals surface area contributed by atoms with Crippen molar-refractivity contribution in [3.05, 3.63) is 24.3 Å². The Labute approximate surface area is 115 Å². The number of fused-ring (bicyclic) bond motifs is 1. The lowest BCUT2D eigenvalue weighted by molar-refractivity contribution is -0.155. The van der Waals surface area contributed by atoms with Crippen molar-refractivity contribution in [2.75, 3.05) is 34.5 Å². The number of aliphatic hydroxyl groups is 1. The molecular weight excluding hydrogens is 244 g/mol. The molecule has 0 aliphatic heterocycles. The van der Waals surface area contributed by atoms with Crippen LogP contribution in [0, 0.1) is 10.8 Å². The van der Waals surface area contributed by atoms with Gasteiger partial charge in [-0.2, -0.15) is 0 Å². The summed E-state index contributed by atoms with van der Waals surface area (Å²) in [6.07, 6.45) is 9.32. The normalized spacial score (nSPS) is 41.3. The van der Waals surface area contributed by atoms with Crippen LogP contribution in [0.5, 0.6) is 0 Å². The number of hydrogen-bond donors (Lipinski definition) is 1. The summed E-state index contributed by atoms with van der Waals surface area (Å²) in [6.45, 7) is 0.963. The molecule has 0 radical (unpaired) electrons. The van der Waals surface area contributed by atoms with Gasteiger partial charge in [-0.05, 0) is 12.8 Å².